The first-order valence-corrected chi connectivity index (χ1v) is 4.97. The van der Waals surface area contributed by atoms with Gasteiger partial charge in [-0.15, -0.1) is 0 Å². The van der Waals surface area contributed by atoms with E-state index in [2.05, 4.69) is 20.3 Å². The van der Waals surface area contributed by atoms with E-state index in [-0.39, 0.29) is 5.75 Å². The van der Waals surface area contributed by atoms with Crippen molar-refractivity contribution in [2.24, 2.45) is 0 Å². The minimum atomic E-state index is -2.82. The summed E-state index contributed by atoms with van der Waals surface area (Å²) in [6.45, 7) is -2.82. The molecule has 0 amide bonds. The molecule has 0 aliphatic heterocycles. The molecule has 2 N–H and O–H groups in total. The standard InChI is InChI=1S/C11H11F2N3O/c1-14-10-6-9(15-16-10)7-3-2-4-8(5-7)17-11(12)13/h2-6,11H,1H3,(H2,14,15,16). The lowest BCUT2D eigenvalue weighted by atomic mass is 10.1. The number of anilines is 1. The molecule has 1 heterocycles. The molecule has 1 aromatic heterocycles. The highest BCUT2D eigenvalue weighted by atomic mass is 19.3. The molecule has 90 valence electrons. The Labute approximate surface area is 96.6 Å². The number of hydrogen-bond acceptors (Lipinski definition) is 3. The van der Waals surface area contributed by atoms with E-state index in [4.69, 9.17) is 0 Å². The summed E-state index contributed by atoms with van der Waals surface area (Å²) in [6.07, 6.45) is 0. The van der Waals surface area contributed by atoms with Crippen molar-refractivity contribution in [3.8, 4) is 17.0 Å². The molecule has 0 fully saturated rings. The van der Waals surface area contributed by atoms with Gasteiger partial charge < -0.3 is 10.1 Å². The average molecular weight is 239 g/mol. The molecule has 6 heteroatoms. The molecule has 0 saturated heterocycles. The number of H-pyrrole nitrogens is 1. The van der Waals surface area contributed by atoms with Crippen LogP contribution < -0.4 is 10.1 Å². The predicted molar refractivity (Wildman–Crippen MR) is 60.2 cm³/mol. The molecule has 0 unspecified atom stereocenters. The Bertz CT molecular complexity index is 499. The number of aromatic amines is 1. The van der Waals surface area contributed by atoms with Crippen LogP contribution in [-0.4, -0.2) is 23.9 Å². The van der Waals surface area contributed by atoms with Gasteiger partial charge in [0.05, 0.1) is 5.69 Å². The predicted octanol–water partition coefficient (Wildman–Crippen LogP) is 2.72. The first-order valence-electron chi connectivity index (χ1n) is 4.97. The third-order valence-corrected chi connectivity index (χ3v) is 2.20. The molecule has 17 heavy (non-hydrogen) atoms. The molecule has 2 aromatic rings. The maximum Gasteiger partial charge on any atom is 0.387 e. The van der Waals surface area contributed by atoms with Gasteiger partial charge in [-0.1, -0.05) is 12.1 Å². The van der Waals surface area contributed by atoms with E-state index in [1.165, 1.54) is 12.1 Å². The molecule has 0 spiro atoms. The van der Waals surface area contributed by atoms with Crippen molar-refractivity contribution in [3.63, 3.8) is 0 Å². The summed E-state index contributed by atoms with van der Waals surface area (Å²) in [5.74, 6) is 0.804. The zero-order chi connectivity index (χ0) is 12.3. The van der Waals surface area contributed by atoms with Gasteiger partial charge in [-0.05, 0) is 12.1 Å². The number of hydrogen-bond donors (Lipinski definition) is 2. The fraction of sp³-hybridized carbons (Fsp3) is 0.182. The van der Waals surface area contributed by atoms with Crippen molar-refractivity contribution in [2.75, 3.05) is 12.4 Å². The summed E-state index contributed by atoms with van der Waals surface area (Å²) in [4.78, 5) is 0. The zero-order valence-corrected chi connectivity index (χ0v) is 9.08. The van der Waals surface area contributed by atoms with Crippen LogP contribution in [0.2, 0.25) is 0 Å². The first-order chi connectivity index (χ1) is 8.19. The van der Waals surface area contributed by atoms with E-state index in [9.17, 15) is 8.78 Å². The van der Waals surface area contributed by atoms with E-state index in [0.29, 0.717) is 5.82 Å². The largest absolute Gasteiger partial charge is 0.435 e. The maximum absolute atomic E-state index is 12.1. The third kappa shape index (κ3) is 2.72. The number of halogens is 2. The van der Waals surface area contributed by atoms with Gasteiger partial charge in [-0.2, -0.15) is 13.9 Å². The molecule has 0 aliphatic rings. The highest BCUT2D eigenvalue weighted by Gasteiger charge is 2.07. The summed E-state index contributed by atoms with van der Waals surface area (Å²) in [6, 6.07) is 8.21. The minimum absolute atomic E-state index is 0.123. The zero-order valence-electron chi connectivity index (χ0n) is 9.08. The second-order valence-corrected chi connectivity index (χ2v) is 3.32. The van der Waals surface area contributed by atoms with Crippen LogP contribution in [0.3, 0.4) is 0 Å². The fourth-order valence-corrected chi connectivity index (χ4v) is 1.44. The quantitative estimate of drug-likeness (QED) is 0.862. The summed E-state index contributed by atoms with van der Waals surface area (Å²) >= 11 is 0. The van der Waals surface area contributed by atoms with Crippen molar-refractivity contribution in [1.82, 2.24) is 10.2 Å². The van der Waals surface area contributed by atoms with E-state index in [0.717, 1.165) is 11.3 Å². The van der Waals surface area contributed by atoms with E-state index >= 15 is 0 Å². The van der Waals surface area contributed by atoms with Crippen molar-refractivity contribution < 1.29 is 13.5 Å². The van der Waals surface area contributed by atoms with E-state index in [1.807, 2.05) is 0 Å². The summed E-state index contributed by atoms with van der Waals surface area (Å²) in [5, 5.41) is 9.64. The molecular weight excluding hydrogens is 228 g/mol. The lowest BCUT2D eigenvalue weighted by molar-refractivity contribution is -0.0498. The van der Waals surface area contributed by atoms with Crippen LogP contribution in [0.15, 0.2) is 30.3 Å². The third-order valence-electron chi connectivity index (χ3n) is 2.20. The molecule has 0 radical (unpaired) electrons. The topological polar surface area (TPSA) is 49.9 Å². The van der Waals surface area contributed by atoms with E-state index in [1.54, 1.807) is 25.2 Å². The van der Waals surface area contributed by atoms with Crippen LogP contribution in [0.1, 0.15) is 0 Å². The second kappa shape index (κ2) is 4.82. The summed E-state index contributed by atoms with van der Waals surface area (Å²) in [7, 11) is 1.75. The SMILES string of the molecule is CNc1cc(-c2cccc(OC(F)F)c2)[nH]n1. The van der Waals surface area contributed by atoms with E-state index < -0.39 is 6.61 Å². The van der Waals surface area contributed by atoms with Crippen LogP contribution >= 0.6 is 0 Å². The number of benzene rings is 1. The summed E-state index contributed by atoms with van der Waals surface area (Å²) < 4.78 is 28.4. The van der Waals surface area contributed by atoms with Gasteiger partial charge in [-0.25, -0.2) is 0 Å². The normalized spacial score (nSPS) is 10.6. The number of nitrogens with zero attached hydrogens (tertiary/aromatic N) is 1. The van der Waals surface area contributed by atoms with Crippen LogP contribution in [0.5, 0.6) is 5.75 Å². The monoisotopic (exact) mass is 239 g/mol. The van der Waals surface area contributed by atoms with Gasteiger partial charge in [0.2, 0.25) is 0 Å². The van der Waals surface area contributed by atoms with Gasteiger partial charge in [0.1, 0.15) is 11.6 Å². The maximum atomic E-state index is 12.1. The molecule has 0 saturated carbocycles. The Hall–Kier alpha value is -2.11. The number of nitrogens with one attached hydrogen (secondary N) is 2. The smallest absolute Gasteiger partial charge is 0.387 e. The fourth-order valence-electron chi connectivity index (χ4n) is 1.44. The number of alkyl halides is 2. The van der Waals surface area contributed by atoms with Crippen molar-refractivity contribution in [1.29, 1.82) is 0 Å². The van der Waals surface area contributed by atoms with Crippen LogP contribution in [0.25, 0.3) is 11.3 Å². The van der Waals surface area contributed by atoms with Crippen molar-refractivity contribution in [3.05, 3.63) is 30.3 Å². The molecule has 1 aromatic carbocycles. The molecule has 0 aliphatic carbocycles. The Balaban J connectivity index is 2.26. The Morgan fingerprint density at radius 2 is 2.18 bits per heavy atom. The second-order valence-electron chi connectivity index (χ2n) is 3.32. The summed E-state index contributed by atoms with van der Waals surface area (Å²) in [5.41, 5.74) is 1.46. The number of ether oxygens (including phenoxy) is 1. The molecule has 4 nitrogen and oxygen atoms in total. The Morgan fingerprint density at radius 1 is 1.35 bits per heavy atom. The molecular formula is C11H11F2N3O. The highest BCUT2D eigenvalue weighted by Crippen LogP contribution is 2.24. The van der Waals surface area contributed by atoms with Crippen molar-refractivity contribution in [2.45, 2.75) is 6.61 Å². The van der Waals surface area contributed by atoms with Gasteiger partial charge >= 0.3 is 6.61 Å². The number of rotatable bonds is 4. The highest BCUT2D eigenvalue weighted by molar-refractivity contribution is 5.64. The minimum Gasteiger partial charge on any atom is -0.435 e. The van der Waals surface area contributed by atoms with Gasteiger partial charge in [0, 0.05) is 18.7 Å². The number of aromatic nitrogens is 2. The van der Waals surface area contributed by atoms with Crippen molar-refractivity contribution >= 4 is 5.82 Å². The molecule has 0 bridgehead atoms. The molecule has 2 rings (SSSR count). The van der Waals surface area contributed by atoms with Crippen LogP contribution in [0.4, 0.5) is 14.6 Å². The first kappa shape index (κ1) is 11.4. The lowest BCUT2D eigenvalue weighted by Gasteiger charge is -2.05. The van der Waals surface area contributed by atoms with Gasteiger partial charge in [0.15, 0.2) is 0 Å². The van der Waals surface area contributed by atoms with Gasteiger partial charge in [0.25, 0.3) is 0 Å². The van der Waals surface area contributed by atoms with Gasteiger partial charge in [-0.3, -0.25) is 5.10 Å². The van der Waals surface area contributed by atoms with Crippen LogP contribution in [-0.2, 0) is 0 Å². The average Bonchev–Trinajstić information content (AvgIpc) is 2.77. The van der Waals surface area contributed by atoms with Crippen LogP contribution in [0, 0.1) is 0 Å². The molecule has 0 atom stereocenters. The lowest BCUT2D eigenvalue weighted by Crippen LogP contribution is -2.01. The Kier molecular flexibility index (Phi) is 3.22. The Morgan fingerprint density at radius 3 is 2.82 bits per heavy atom.